The van der Waals surface area contributed by atoms with E-state index in [1.54, 1.807) is 11.6 Å². The number of pyridine rings is 1. The number of fused-ring (bicyclic) bond motifs is 1. The molecule has 4 aromatic rings. The van der Waals surface area contributed by atoms with Crippen molar-refractivity contribution in [2.45, 2.75) is 13.8 Å². The second kappa shape index (κ2) is 9.50. The molecule has 4 rings (SSSR count). The molecule has 0 atom stereocenters. The second-order valence-corrected chi connectivity index (χ2v) is 8.93. The lowest BCUT2D eigenvalue weighted by molar-refractivity contribution is -0.111. The van der Waals surface area contributed by atoms with Crippen molar-refractivity contribution in [3.63, 3.8) is 0 Å². The van der Waals surface area contributed by atoms with Crippen LogP contribution in [0.15, 0.2) is 78.2 Å². The van der Waals surface area contributed by atoms with E-state index in [0.29, 0.717) is 11.1 Å². The normalized spacial score (nSPS) is 10.8. The molecule has 178 valence electrons. The molecule has 0 unspecified atom stereocenters. The Kier molecular flexibility index (Phi) is 6.47. The van der Waals surface area contributed by atoms with Gasteiger partial charge in [0, 0.05) is 66.6 Å². The molecule has 0 spiro atoms. The van der Waals surface area contributed by atoms with Gasteiger partial charge < -0.3 is 20.1 Å². The number of carbonyl (C=O) groups excluding carboxylic acids is 1. The molecule has 0 aliphatic carbocycles. The van der Waals surface area contributed by atoms with Gasteiger partial charge in [-0.05, 0) is 66.8 Å². The summed E-state index contributed by atoms with van der Waals surface area (Å²) in [7, 11) is 5.66. The van der Waals surface area contributed by atoms with Crippen molar-refractivity contribution < 1.29 is 4.79 Å². The average Bonchev–Trinajstić information content (AvgIpc) is 2.84. The zero-order chi connectivity index (χ0) is 25.3. The van der Waals surface area contributed by atoms with Crippen LogP contribution in [0.25, 0.3) is 21.9 Å². The summed E-state index contributed by atoms with van der Waals surface area (Å²) in [5.74, 6) is -0.285. The van der Waals surface area contributed by atoms with Crippen LogP contribution in [0, 0.1) is 13.8 Å². The van der Waals surface area contributed by atoms with E-state index >= 15 is 0 Å². The Bertz CT molecular complexity index is 1500. The summed E-state index contributed by atoms with van der Waals surface area (Å²) in [6.07, 6.45) is 3.09. The number of carbonyl (C=O) groups is 1. The molecular formula is C29H30N4O2. The number of anilines is 4. The van der Waals surface area contributed by atoms with Crippen LogP contribution in [0.4, 0.5) is 22.7 Å². The van der Waals surface area contributed by atoms with Crippen molar-refractivity contribution in [1.29, 1.82) is 0 Å². The highest BCUT2D eigenvalue weighted by Crippen LogP contribution is 2.38. The van der Waals surface area contributed by atoms with Crippen molar-refractivity contribution in [3.05, 3.63) is 94.9 Å². The van der Waals surface area contributed by atoms with Gasteiger partial charge in [-0.1, -0.05) is 30.8 Å². The molecule has 0 aliphatic rings. The quantitative estimate of drug-likeness (QED) is 0.355. The summed E-state index contributed by atoms with van der Waals surface area (Å²) in [5.41, 5.74) is 7.44. The first-order valence-electron chi connectivity index (χ1n) is 11.4. The topological polar surface area (TPSA) is 66.4 Å². The lowest BCUT2D eigenvalue weighted by Crippen LogP contribution is -2.18. The van der Waals surface area contributed by atoms with Gasteiger partial charge in [-0.2, -0.15) is 0 Å². The first-order valence-corrected chi connectivity index (χ1v) is 11.4. The number of benzene rings is 3. The zero-order valence-electron chi connectivity index (χ0n) is 20.8. The van der Waals surface area contributed by atoms with Gasteiger partial charge >= 0.3 is 0 Å². The molecule has 0 saturated heterocycles. The number of nitrogens with zero attached hydrogens (tertiary/aromatic N) is 2. The first kappa shape index (κ1) is 23.8. The number of hydrogen-bond acceptors (Lipinski definition) is 4. The summed E-state index contributed by atoms with van der Waals surface area (Å²) in [6, 6.07) is 17.8. The highest BCUT2D eigenvalue weighted by Gasteiger charge is 2.16. The number of amides is 1. The minimum atomic E-state index is -0.285. The number of aryl methyl sites for hydroxylation is 3. The number of hydrogen-bond donors (Lipinski definition) is 2. The fourth-order valence-corrected chi connectivity index (χ4v) is 4.24. The summed E-state index contributed by atoms with van der Waals surface area (Å²) in [6.45, 7) is 7.68. The minimum Gasteiger partial charge on any atom is -0.378 e. The third kappa shape index (κ3) is 4.68. The fraction of sp³-hybridized carbons (Fsp3) is 0.172. The van der Waals surface area contributed by atoms with E-state index in [9.17, 15) is 9.59 Å². The van der Waals surface area contributed by atoms with Crippen LogP contribution in [-0.4, -0.2) is 24.6 Å². The van der Waals surface area contributed by atoms with E-state index in [2.05, 4.69) is 43.2 Å². The summed E-state index contributed by atoms with van der Waals surface area (Å²) >= 11 is 0. The highest BCUT2D eigenvalue weighted by atomic mass is 16.1. The second-order valence-electron chi connectivity index (χ2n) is 8.93. The number of rotatable bonds is 6. The third-order valence-corrected chi connectivity index (χ3v) is 6.19. The van der Waals surface area contributed by atoms with Crippen LogP contribution in [0.1, 0.15) is 11.1 Å². The van der Waals surface area contributed by atoms with Crippen molar-refractivity contribution in [3.8, 4) is 11.1 Å². The van der Waals surface area contributed by atoms with Crippen LogP contribution in [-0.2, 0) is 11.8 Å². The first-order chi connectivity index (χ1) is 16.7. The summed E-state index contributed by atoms with van der Waals surface area (Å²) < 4.78 is 1.61. The van der Waals surface area contributed by atoms with E-state index in [1.165, 1.54) is 6.08 Å². The maximum Gasteiger partial charge on any atom is 0.258 e. The van der Waals surface area contributed by atoms with Gasteiger partial charge in [0.2, 0.25) is 5.91 Å². The predicted molar refractivity (Wildman–Crippen MR) is 147 cm³/mol. The van der Waals surface area contributed by atoms with Gasteiger partial charge in [-0.15, -0.1) is 0 Å². The van der Waals surface area contributed by atoms with Gasteiger partial charge in [0.15, 0.2) is 0 Å². The Morgan fingerprint density at radius 3 is 2.34 bits per heavy atom. The molecule has 1 amide bonds. The highest BCUT2D eigenvalue weighted by molar-refractivity contribution is 6.03. The Labute approximate surface area is 205 Å². The molecule has 6 heteroatoms. The molecule has 0 fully saturated rings. The number of aromatic nitrogens is 1. The maximum absolute atomic E-state index is 13.1. The largest absolute Gasteiger partial charge is 0.378 e. The summed E-state index contributed by atoms with van der Waals surface area (Å²) in [4.78, 5) is 27.1. The van der Waals surface area contributed by atoms with Gasteiger partial charge in [0.05, 0.1) is 0 Å². The molecule has 35 heavy (non-hydrogen) atoms. The lowest BCUT2D eigenvalue weighted by atomic mass is 9.97. The Morgan fingerprint density at radius 2 is 1.69 bits per heavy atom. The molecule has 0 bridgehead atoms. The van der Waals surface area contributed by atoms with Crippen LogP contribution >= 0.6 is 0 Å². The molecule has 0 radical (unpaired) electrons. The number of nitrogens with one attached hydrogen (secondary N) is 2. The van der Waals surface area contributed by atoms with E-state index in [-0.39, 0.29) is 11.5 Å². The minimum absolute atomic E-state index is 0.0622. The molecule has 6 nitrogen and oxygen atoms in total. The van der Waals surface area contributed by atoms with Crippen molar-refractivity contribution in [2.24, 2.45) is 7.05 Å². The Balaban J connectivity index is 1.99. The maximum atomic E-state index is 13.1. The smallest absolute Gasteiger partial charge is 0.258 e. The van der Waals surface area contributed by atoms with Gasteiger partial charge in [0.1, 0.15) is 0 Å². The molecule has 1 heterocycles. The fourth-order valence-electron chi connectivity index (χ4n) is 4.24. The predicted octanol–water partition coefficient (Wildman–Crippen LogP) is 5.76. The monoisotopic (exact) mass is 466 g/mol. The lowest BCUT2D eigenvalue weighted by Gasteiger charge is -2.20. The van der Waals surface area contributed by atoms with Crippen LogP contribution in [0.2, 0.25) is 0 Å². The van der Waals surface area contributed by atoms with Crippen LogP contribution in [0.3, 0.4) is 0 Å². The van der Waals surface area contributed by atoms with Crippen LogP contribution in [0.5, 0.6) is 0 Å². The standard InChI is InChI=1S/C29H30N4O2/c1-7-27(34)30-20-11-14-26(31-28-18(2)9-8-10-19(28)3)23(15-20)25-17-33(6)29(35)24-16-21(32(4)5)12-13-22(24)25/h7-17,31H,1H2,2-6H3,(H,30,34). The molecule has 1 aromatic heterocycles. The van der Waals surface area contributed by atoms with Crippen molar-refractivity contribution >= 4 is 39.4 Å². The van der Waals surface area contributed by atoms with Crippen LogP contribution < -0.4 is 21.1 Å². The SMILES string of the molecule is C=CC(=O)Nc1ccc(Nc2c(C)cccc2C)c(-c2cn(C)c(=O)c3cc(N(C)C)ccc23)c1. The molecule has 3 aromatic carbocycles. The molecule has 0 saturated carbocycles. The van der Waals surface area contributed by atoms with E-state index in [0.717, 1.165) is 44.7 Å². The zero-order valence-corrected chi connectivity index (χ0v) is 20.8. The Hall–Kier alpha value is -4.32. The third-order valence-electron chi connectivity index (χ3n) is 6.19. The van der Waals surface area contributed by atoms with E-state index in [1.807, 2.05) is 67.7 Å². The molecule has 2 N–H and O–H groups in total. The van der Waals surface area contributed by atoms with Crippen molar-refractivity contribution in [2.75, 3.05) is 29.6 Å². The summed E-state index contributed by atoms with van der Waals surface area (Å²) in [5, 5.41) is 7.93. The van der Waals surface area contributed by atoms with Gasteiger partial charge in [-0.3, -0.25) is 9.59 Å². The average molecular weight is 467 g/mol. The van der Waals surface area contributed by atoms with Gasteiger partial charge in [-0.25, -0.2) is 0 Å². The number of para-hydroxylation sites is 1. The van der Waals surface area contributed by atoms with E-state index < -0.39 is 0 Å². The van der Waals surface area contributed by atoms with Gasteiger partial charge in [0.25, 0.3) is 5.56 Å². The Morgan fingerprint density at radius 1 is 0.971 bits per heavy atom. The van der Waals surface area contributed by atoms with Crippen molar-refractivity contribution in [1.82, 2.24) is 4.57 Å². The van der Waals surface area contributed by atoms with E-state index in [4.69, 9.17) is 0 Å². The molecule has 0 aliphatic heterocycles. The molecular weight excluding hydrogens is 436 g/mol.